The van der Waals surface area contributed by atoms with Crippen LogP contribution in [0.5, 0.6) is 11.5 Å². The molecule has 7 heteroatoms. The molecule has 25 heavy (non-hydrogen) atoms. The van der Waals surface area contributed by atoms with Gasteiger partial charge in [0.05, 0.1) is 29.7 Å². The molecule has 1 amide bonds. The van der Waals surface area contributed by atoms with Crippen molar-refractivity contribution in [2.45, 2.75) is 11.3 Å². The summed E-state index contributed by atoms with van der Waals surface area (Å²) in [5.41, 5.74) is 1.64. The first-order valence-corrected chi connectivity index (χ1v) is 9.58. The Kier molecular flexibility index (Phi) is 5.78. The van der Waals surface area contributed by atoms with Gasteiger partial charge in [0.1, 0.15) is 11.5 Å². The summed E-state index contributed by atoms with van der Waals surface area (Å²) in [5.74, 6) is 1.77. The van der Waals surface area contributed by atoms with Gasteiger partial charge in [-0.25, -0.2) is 4.98 Å². The molecule has 2 aromatic carbocycles. The van der Waals surface area contributed by atoms with Crippen molar-refractivity contribution in [2.24, 2.45) is 0 Å². The van der Waals surface area contributed by atoms with Crippen LogP contribution in [-0.4, -0.2) is 30.4 Å². The first-order valence-electron chi connectivity index (χ1n) is 7.78. The lowest BCUT2D eigenvalue weighted by atomic mass is 10.3. The van der Waals surface area contributed by atoms with E-state index in [4.69, 9.17) is 9.47 Å². The molecule has 0 fully saturated rings. The number of fused-ring (bicyclic) bond motifs is 1. The number of benzene rings is 2. The number of thioether (sulfide) groups is 1. The van der Waals surface area contributed by atoms with Crippen molar-refractivity contribution in [1.82, 2.24) is 4.98 Å². The quantitative estimate of drug-likeness (QED) is 0.620. The second kappa shape index (κ2) is 8.22. The molecule has 0 unspecified atom stereocenters. The van der Waals surface area contributed by atoms with Gasteiger partial charge in [-0.2, -0.15) is 0 Å². The van der Waals surface area contributed by atoms with Crippen molar-refractivity contribution in [1.29, 1.82) is 0 Å². The Labute approximate surface area is 154 Å². The lowest BCUT2D eigenvalue weighted by molar-refractivity contribution is -0.113. The first kappa shape index (κ1) is 17.6. The molecule has 0 radical (unpaired) electrons. The Hall–Kier alpha value is -2.25. The molecular weight excluding hydrogens is 356 g/mol. The van der Waals surface area contributed by atoms with Gasteiger partial charge < -0.3 is 14.8 Å². The van der Waals surface area contributed by atoms with Gasteiger partial charge in [-0.3, -0.25) is 4.79 Å². The van der Waals surface area contributed by atoms with Gasteiger partial charge in [-0.05, 0) is 37.3 Å². The highest BCUT2D eigenvalue weighted by Crippen LogP contribution is 2.32. The van der Waals surface area contributed by atoms with Crippen LogP contribution >= 0.6 is 23.1 Å². The summed E-state index contributed by atoms with van der Waals surface area (Å²) >= 11 is 2.99. The molecule has 0 atom stereocenters. The fourth-order valence-corrected chi connectivity index (χ4v) is 4.12. The smallest absolute Gasteiger partial charge is 0.234 e. The molecule has 5 nitrogen and oxygen atoms in total. The third-order valence-corrected chi connectivity index (χ3v) is 5.49. The van der Waals surface area contributed by atoms with Crippen molar-refractivity contribution in [3.05, 3.63) is 42.5 Å². The van der Waals surface area contributed by atoms with Gasteiger partial charge in [-0.1, -0.05) is 17.8 Å². The molecule has 130 valence electrons. The zero-order chi connectivity index (χ0) is 17.6. The number of nitrogens with zero attached hydrogens (tertiary/aromatic N) is 1. The van der Waals surface area contributed by atoms with Crippen molar-refractivity contribution in [2.75, 3.05) is 24.8 Å². The van der Waals surface area contributed by atoms with Gasteiger partial charge in [0.15, 0.2) is 4.34 Å². The summed E-state index contributed by atoms with van der Waals surface area (Å²) in [4.78, 5) is 16.7. The maximum absolute atomic E-state index is 12.1. The van der Waals surface area contributed by atoms with E-state index in [-0.39, 0.29) is 5.91 Å². The van der Waals surface area contributed by atoms with E-state index in [1.807, 2.05) is 43.3 Å². The number of ether oxygens (including phenoxy) is 2. The van der Waals surface area contributed by atoms with Gasteiger partial charge in [0.2, 0.25) is 5.91 Å². The lowest BCUT2D eigenvalue weighted by Crippen LogP contribution is -2.13. The number of nitrogens with one attached hydrogen (secondary N) is 1. The summed E-state index contributed by atoms with van der Waals surface area (Å²) in [6, 6.07) is 13.1. The van der Waals surface area contributed by atoms with E-state index in [0.717, 1.165) is 26.0 Å². The number of aromatic nitrogens is 1. The van der Waals surface area contributed by atoms with Gasteiger partial charge in [0, 0.05) is 11.8 Å². The lowest BCUT2D eigenvalue weighted by Gasteiger charge is -2.06. The minimum Gasteiger partial charge on any atom is -0.497 e. The van der Waals surface area contributed by atoms with Crippen LogP contribution in [0.25, 0.3) is 10.2 Å². The zero-order valence-electron chi connectivity index (χ0n) is 13.9. The number of anilines is 1. The van der Waals surface area contributed by atoms with Crippen LogP contribution in [0.2, 0.25) is 0 Å². The minimum absolute atomic E-state index is 0.0764. The van der Waals surface area contributed by atoms with Crippen molar-refractivity contribution in [3.8, 4) is 11.5 Å². The Morgan fingerprint density at radius 1 is 1.24 bits per heavy atom. The Bertz CT molecular complexity index is 880. The normalized spacial score (nSPS) is 10.6. The summed E-state index contributed by atoms with van der Waals surface area (Å²) in [6.45, 7) is 2.59. The third-order valence-electron chi connectivity index (χ3n) is 3.33. The van der Waals surface area contributed by atoms with E-state index in [2.05, 4.69) is 10.3 Å². The Balaban J connectivity index is 1.60. The maximum Gasteiger partial charge on any atom is 0.234 e. The number of thiazole rings is 1. The van der Waals surface area contributed by atoms with Crippen LogP contribution in [0.15, 0.2) is 46.8 Å². The molecule has 1 heterocycles. The fraction of sp³-hybridized carbons (Fsp3) is 0.222. The van der Waals surface area contributed by atoms with Crippen LogP contribution < -0.4 is 14.8 Å². The van der Waals surface area contributed by atoms with Gasteiger partial charge in [0.25, 0.3) is 0 Å². The molecular formula is C18H18N2O3S2. The average molecular weight is 374 g/mol. The van der Waals surface area contributed by atoms with Crippen molar-refractivity contribution in [3.63, 3.8) is 0 Å². The number of hydrogen-bond acceptors (Lipinski definition) is 6. The fourth-order valence-electron chi connectivity index (χ4n) is 2.23. The summed E-state index contributed by atoms with van der Waals surface area (Å²) in [6.07, 6.45) is 0. The number of carbonyl (C=O) groups excluding carboxylic acids is 1. The molecule has 1 aromatic heterocycles. The number of rotatable bonds is 7. The van der Waals surface area contributed by atoms with E-state index in [9.17, 15) is 4.79 Å². The zero-order valence-corrected chi connectivity index (χ0v) is 15.6. The predicted octanol–water partition coefficient (Wildman–Crippen LogP) is 4.43. The molecule has 0 saturated carbocycles. The van der Waals surface area contributed by atoms with Crippen LogP contribution in [0.3, 0.4) is 0 Å². The van der Waals surface area contributed by atoms with E-state index in [1.165, 1.54) is 11.8 Å². The third kappa shape index (κ3) is 4.64. The van der Waals surface area contributed by atoms with E-state index in [0.29, 0.717) is 18.1 Å². The number of methoxy groups -OCH3 is 1. The van der Waals surface area contributed by atoms with E-state index >= 15 is 0 Å². The van der Waals surface area contributed by atoms with Gasteiger partial charge >= 0.3 is 0 Å². The monoisotopic (exact) mass is 374 g/mol. The highest BCUT2D eigenvalue weighted by Gasteiger charge is 2.09. The maximum atomic E-state index is 12.1. The second-order valence-electron chi connectivity index (χ2n) is 5.11. The molecule has 0 bridgehead atoms. The molecule has 0 spiro atoms. The van der Waals surface area contributed by atoms with Crippen LogP contribution in [0.4, 0.5) is 5.69 Å². The van der Waals surface area contributed by atoms with Gasteiger partial charge in [-0.15, -0.1) is 11.3 Å². The average Bonchev–Trinajstić information content (AvgIpc) is 3.02. The molecule has 1 N–H and O–H groups in total. The molecule has 0 aliphatic carbocycles. The van der Waals surface area contributed by atoms with E-state index in [1.54, 1.807) is 24.5 Å². The molecule has 0 aliphatic rings. The van der Waals surface area contributed by atoms with Crippen LogP contribution in [-0.2, 0) is 4.79 Å². The Morgan fingerprint density at radius 2 is 2.12 bits per heavy atom. The van der Waals surface area contributed by atoms with Crippen molar-refractivity contribution >= 4 is 44.9 Å². The van der Waals surface area contributed by atoms with Crippen LogP contribution in [0, 0.1) is 0 Å². The van der Waals surface area contributed by atoms with Crippen molar-refractivity contribution < 1.29 is 14.3 Å². The molecule has 3 aromatic rings. The standard InChI is InChI=1S/C18H18N2O3S2/c1-3-23-14-7-8-15-16(10-14)25-18(20-15)24-11-17(21)19-12-5-4-6-13(9-12)22-2/h4-10H,3,11H2,1-2H3,(H,19,21). The highest BCUT2D eigenvalue weighted by atomic mass is 32.2. The summed E-state index contributed by atoms with van der Waals surface area (Å²) in [5, 5.41) is 2.86. The highest BCUT2D eigenvalue weighted by molar-refractivity contribution is 8.01. The van der Waals surface area contributed by atoms with Crippen LogP contribution in [0.1, 0.15) is 6.92 Å². The molecule has 0 saturated heterocycles. The van der Waals surface area contributed by atoms with E-state index < -0.39 is 0 Å². The largest absolute Gasteiger partial charge is 0.497 e. The molecule has 3 rings (SSSR count). The number of carbonyl (C=O) groups is 1. The summed E-state index contributed by atoms with van der Waals surface area (Å²) < 4.78 is 12.6. The SMILES string of the molecule is CCOc1ccc2nc(SCC(=O)Nc3cccc(OC)c3)sc2c1. The first-order chi connectivity index (χ1) is 12.2. The minimum atomic E-state index is -0.0764. The molecule has 0 aliphatic heterocycles. The number of amides is 1. The summed E-state index contributed by atoms with van der Waals surface area (Å²) in [7, 11) is 1.60. The number of hydrogen-bond donors (Lipinski definition) is 1. The topological polar surface area (TPSA) is 60.5 Å². The predicted molar refractivity (Wildman–Crippen MR) is 103 cm³/mol. The second-order valence-corrected chi connectivity index (χ2v) is 7.36. The Morgan fingerprint density at radius 3 is 2.92 bits per heavy atom.